The molecule has 0 amide bonds. The Morgan fingerprint density at radius 3 is 2.56 bits per heavy atom. The zero-order chi connectivity index (χ0) is 28.7. The van der Waals surface area contributed by atoms with Gasteiger partial charge in [-0.25, -0.2) is 0 Å². The van der Waals surface area contributed by atoms with E-state index in [0.717, 1.165) is 31.6 Å². The first-order chi connectivity index (χ1) is 19.6. The third-order valence-electron chi connectivity index (χ3n) is 12.2. The molecule has 0 spiro atoms. The Balaban J connectivity index is 1.08. The summed E-state index contributed by atoms with van der Waals surface area (Å²) in [6.07, 6.45) is 11.8. The van der Waals surface area contributed by atoms with Crippen LogP contribution in [-0.4, -0.2) is 55.7 Å². The minimum Gasteiger partial charge on any atom is -0.435 e. The van der Waals surface area contributed by atoms with Gasteiger partial charge < -0.3 is 28.4 Å². The van der Waals surface area contributed by atoms with E-state index in [1.807, 2.05) is 0 Å². The molecule has 3 saturated carbocycles. The molecule has 2 N–H and O–H groups in total. The van der Waals surface area contributed by atoms with E-state index < -0.39 is 30.7 Å². The molecule has 12 atom stereocenters. The number of methoxy groups -OCH3 is 1. The van der Waals surface area contributed by atoms with Crippen LogP contribution >= 0.6 is 0 Å². The van der Waals surface area contributed by atoms with E-state index in [0.29, 0.717) is 24.2 Å². The number of cyclic esters (lactones) is 1. The van der Waals surface area contributed by atoms with Gasteiger partial charge in [-0.15, -0.1) is 0 Å². The molecule has 41 heavy (non-hydrogen) atoms. The van der Waals surface area contributed by atoms with Crippen molar-refractivity contribution in [3.63, 3.8) is 0 Å². The van der Waals surface area contributed by atoms with Crippen molar-refractivity contribution >= 4 is 11.8 Å². The van der Waals surface area contributed by atoms with E-state index >= 15 is 0 Å². The second kappa shape index (κ2) is 9.96. The summed E-state index contributed by atoms with van der Waals surface area (Å²) in [5.74, 6) is 0.700. The standard InChI is InChI=1S/C32H45NO8/c1-17-26(35)27-28(39-29(36-4)38-27)32(33,40-17)41-20-11-13-30(2)19(15-20)6-7-21-23-9-8-22(18-5-10-25(34)37-16-18)31(23,3)14-12-24(21)30/h15-17,20-24,27-29H,5-14,33H2,1-4H3/t17-,20-,21?,22?,23?,24?,27+,28+,29?,30?,31?,32+/m0/s1. The van der Waals surface area contributed by atoms with Crippen molar-refractivity contribution in [2.75, 3.05) is 7.11 Å². The minimum atomic E-state index is -1.61. The number of hydrogen-bond donors (Lipinski definition) is 1. The number of rotatable bonds is 4. The molecule has 2 saturated heterocycles. The van der Waals surface area contributed by atoms with Crippen molar-refractivity contribution in [2.24, 2.45) is 40.2 Å². The lowest BCUT2D eigenvalue weighted by molar-refractivity contribution is -0.328. The van der Waals surface area contributed by atoms with Crippen molar-refractivity contribution in [1.82, 2.24) is 0 Å². The number of Topliss-reactive ketones (excluding diaryl/α,β-unsaturated/α-hetero) is 1. The topological polar surface area (TPSA) is 116 Å². The minimum absolute atomic E-state index is 0.0991. The number of ether oxygens (including phenoxy) is 6. The van der Waals surface area contributed by atoms with Crippen molar-refractivity contribution < 1.29 is 38.0 Å². The summed E-state index contributed by atoms with van der Waals surface area (Å²) in [5, 5.41) is 0. The molecule has 226 valence electrons. The van der Waals surface area contributed by atoms with Crippen LogP contribution in [0.2, 0.25) is 0 Å². The Kier molecular flexibility index (Phi) is 6.84. The van der Waals surface area contributed by atoms with Gasteiger partial charge in [0.2, 0.25) is 0 Å². The first-order valence-corrected chi connectivity index (χ1v) is 15.7. The highest BCUT2D eigenvalue weighted by Crippen LogP contribution is 2.68. The van der Waals surface area contributed by atoms with Crippen LogP contribution in [0.15, 0.2) is 23.5 Å². The van der Waals surface area contributed by atoms with Gasteiger partial charge in [0, 0.05) is 13.5 Å². The molecular formula is C32H45NO8. The second-order valence-electron chi connectivity index (χ2n) is 14.1. The zero-order valence-electron chi connectivity index (χ0n) is 24.8. The lowest BCUT2D eigenvalue weighted by Crippen LogP contribution is -2.67. The summed E-state index contributed by atoms with van der Waals surface area (Å²) in [7, 11) is 1.46. The fourth-order valence-corrected chi connectivity index (χ4v) is 10.2. The van der Waals surface area contributed by atoms with Crippen LogP contribution in [0.3, 0.4) is 0 Å². The molecule has 0 aromatic heterocycles. The Labute approximate surface area is 242 Å². The predicted molar refractivity (Wildman–Crippen MR) is 146 cm³/mol. The number of carbonyl (C=O) groups is 2. The summed E-state index contributed by atoms with van der Waals surface area (Å²) >= 11 is 0. The summed E-state index contributed by atoms with van der Waals surface area (Å²) in [6, 6.07) is 0. The van der Waals surface area contributed by atoms with Crippen LogP contribution in [0.25, 0.3) is 0 Å². The van der Waals surface area contributed by atoms with Crippen molar-refractivity contribution in [2.45, 2.75) is 122 Å². The van der Waals surface area contributed by atoms with Gasteiger partial charge >= 0.3 is 5.97 Å². The van der Waals surface area contributed by atoms with E-state index in [4.69, 9.17) is 34.2 Å². The molecule has 0 bridgehead atoms. The number of esters is 1. The third kappa shape index (κ3) is 4.32. The van der Waals surface area contributed by atoms with Crippen LogP contribution in [0.1, 0.15) is 85.0 Å². The summed E-state index contributed by atoms with van der Waals surface area (Å²) in [4.78, 5) is 24.4. The van der Waals surface area contributed by atoms with E-state index in [1.165, 1.54) is 50.4 Å². The lowest BCUT2D eigenvalue weighted by atomic mass is 9.46. The fraction of sp³-hybridized carbons (Fsp3) is 0.812. The number of hydrogen-bond acceptors (Lipinski definition) is 9. The number of ketones is 1. The molecule has 3 heterocycles. The highest BCUT2D eigenvalue weighted by atomic mass is 16.9. The molecular weight excluding hydrogens is 526 g/mol. The number of carbonyl (C=O) groups excluding carboxylic acids is 2. The number of allylic oxidation sites excluding steroid dienone is 2. The molecule has 7 unspecified atom stereocenters. The van der Waals surface area contributed by atoms with Crippen molar-refractivity contribution in [3.05, 3.63) is 23.5 Å². The van der Waals surface area contributed by atoms with Gasteiger partial charge in [0.1, 0.15) is 6.10 Å². The molecule has 4 aliphatic carbocycles. The zero-order valence-corrected chi connectivity index (χ0v) is 24.8. The van der Waals surface area contributed by atoms with Gasteiger partial charge in [-0.05, 0) is 105 Å². The molecule has 0 aromatic rings. The van der Waals surface area contributed by atoms with Gasteiger partial charge in [-0.2, -0.15) is 0 Å². The van der Waals surface area contributed by atoms with Crippen LogP contribution < -0.4 is 5.73 Å². The predicted octanol–water partition coefficient (Wildman–Crippen LogP) is 4.49. The molecule has 3 aliphatic heterocycles. The molecule has 5 fully saturated rings. The first-order valence-electron chi connectivity index (χ1n) is 15.7. The smallest absolute Gasteiger partial charge is 0.310 e. The average Bonchev–Trinajstić information content (AvgIpc) is 3.55. The van der Waals surface area contributed by atoms with Gasteiger partial charge in [0.15, 0.2) is 18.0 Å². The van der Waals surface area contributed by atoms with Gasteiger partial charge in [0.05, 0.1) is 12.4 Å². The first kappa shape index (κ1) is 28.2. The van der Waals surface area contributed by atoms with E-state index in [-0.39, 0.29) is 28.7 Å². The van der Waals surface area contributed by atoms with Crippen molar-refractivity contribution in [1.29, 1.82) is 0 Å². The highest BCUT2D eigenvalue weighted by Gasteiger charge is 2.62. The van der Waals surface area contributed by atoms with Gasteiger partial charge in [-0.1, -0.05) is 25.5 Å². The third-order valence-corrected chi connectivity index (χ3v) is 12.2. The number of nitrogens with two attached hydrogens (primary N) is 1. The molecule has 9 heteroatoms. The summed E-state index contributed by atoms with van der Waals surface area (Å²) < 4.78 is 34.4. The van der Waals surface area contributed by atoms with Crippen LogP contribution in [-0.2, 0) is 38.0 Å². The number of fused-ring (bicyclic) bond motifs is 6. The Bertz CT molecular complexity index is 1170. The lowest BCUT2D eigenvalue weighted by Gasteiger charge is -2.59. The monoisotopic (exact) mass is 571 g/mol. The molecule has 7 rings (SSSR count). The molecule has 7 aliphatic rings. The molecule has 9 nitrogen and oxygen atoms in total. The largest absolute Gasteiger partial charge is 0.435 e. The summed E-state index contributed by atoms with van der Waals surface area (Å²) in [6.45, 7) is 5.70. The van der Waals surface area contributed by atoms with Crippen molar-refractivity contribution in [3.8, 4) is 0 Å². The average molecular weight is 572 g/mol. The van der Waals surface area contributed by atoms with Crippen LogP contribution in [0.4, 0.5) is 0 Å². The fourth-order valence-electron chi connectivity index (χ4n) is 10.2. The van der Waals surface area contributed by atoms with Gasteiger partial charge in [-0.3, -0.25) is 15.3 Å². The van der Waals surface area contributed by atoms with E-state index in [9.17, 15) is 9.59 Å². The van der Waals surface area contributed by atoms with E-state index in [1.54, 1.807) is 13.2 Å². The quantitative estimate of drug-likeness (QED) is 0.296. The Hall–Kier alpha value is -1.62. The maximum atomic E-state index is 12.7. The Morgan fingerprint density at radius 2 is 1.80 bits per heavy atom. The normalized spacial score (nSPS) is 51.1. The highest BCUT2D eigenvalue weighted by molar-refractivity contribution is 5.88. The Morgan fingerprint density at radius 1 is 0.976 bits per heavy atom. The molecule has 0 aromatic carbocycles. The maximum Gasteiger partial charge on any atom is 0.310 e. The van der Waals surface area contributed by atoms with E-state index in [2.05, 4.69) is 19.9 Å². The van der Waals surface area contributed by atoms with Crippen LogP contribution in [0.5, 0.6) is 0 Å². The molecule has 0 radical (unpaired) electrons. The maximum absolute atomic E-state index is 12.7. The van der Waals surface area contributed by atoms with Gasteiger partial charge in [0.25, 0.3) is 12.4 Å². The second-order valence-corrected chi connectivity index (χ2v) is 14.1. The van der Waals surface area contributed by atoms with Crippen LogP contribution in [0, 0.1) is 34.5 Å². The SMILES string of the molecule is COC1O[C@@H]2C(=O)[C@H](C)O[C@@](N)(O[C@@H]3C=C4CCC5C(CCC6(C)C(C7=COC(=O)CC7)CCC56)C4(C)CC3)[C@@H]2O1. The summed E-state index contributed by atoms with van der Waals surface area (Å²) in [5.41, 5.74) is 9.96.